The second-order valence-electron chi connectivity index (χ2n) is 4.61. The van der Waals surface area contributed by atoms with E-state index in [2.05, 4.69) is 60.1 Å². The number of aromatic nitrogens is 1. The van der Waals surface area contributed by atoms with E-state index in [1.54, 1.807) is 6.20 Å². The molecule has 2 aromatic carbocycles. The van der Waals surface area contributed by atoms with Gasteiger partial charge in [0.1, 0.15) is 0 Å². The van der Waals surface area contributed by atoms with E-state index in [1.807, 2.05) is 24.4 Å². The normalized spacial score (nSPS) is 10.2. The van der Waals surface area contributed by atoms with Crippen molar-refractivity contribution in [3.63, 3.8) is 0 Å². The van der Waals surface area contributed by atoms with Crippen molar-refractivity contribution in [2.45, 2.75) is 0 Å². The highest BCUT2D eigenvalue weighted by Crippen LogP contribution is 2.28. The van der Waals surface area contributed by atoms with Crippen LogP contribution in [0.5, 0.6) is 0 Å². The number of hydrogen-bond acceptors (Lipinski definition) is 1. The van der Waals surface area contributed by atoms with Crippen LogP contribution in [-0.2, 0) is 0 Å². The third-order valence-corrected chi connectivity index (χ3v) is 3.35. The molecule has 20 heavy (non-hydrogen) atoms. The maximum atomic E-state index is 4.18. The highest BCUT2D eigenvalue weighted by atomic mass is 14.6. The molecule has 0 spiro atoms. The smallest absolute Gasteiger partial charge is 0.0346 e. The Kier molecular flexibility index (Phi) is 3.42. The summed E-state index contributed by atoms with van der Waals surface area (Å²) in [6.45, 7) is 3.89. The zero-order valence-corrected chi connectivity index (χ0v) is 11.2. The number of rotatable bonds is 3. The molecule has 0 fully saturated rings. The van der Waals surface area contributed by atoms with Crippen LogP contribution in [0.3, 0.4) is 0 Å². The zero-order valence-electron chi connectivity index (χ0n) is 11.2. The lowest BCUT2D eigenvalue weighted by atomic mass is 9.96. The standard InChI is InChI=1S/C19H15N/c1-2-15-7-3-4-11-19(15)17-9-5-8-16(13-17)18-10-6-12-20-14-18/h2-14H,1H2. The molecule has 0 unspecified atom stereocenters. The van der Waals surface area contributed by atoms with Crippen LogP contribution in [0, 0.1) is 0 Å². The van der Waals surface area contributed by atoms with Gasteiger partial charge in [-0.25, -0.2) is 0 Å². The van der Waals surface area contributed by atoms with E-state index in [-0.39, 0.29) is 0 Å². The third-order valence-electron chi connectivity index (χ3n) is 3.35. The van der Waals surface area contributed by atoms with Crippen LogP contribution in [0.25, 0.3) is 28.3 Å². The minimum atomic E-state index is 1.13. The third kappa shape index (κ3) is 2.39. The van der Waals surface area contributed by atoms with Gasteiger partial charge in [-0.2, -0.15) is 0 Å². The molecule has 0 N–H and O–H groups in total. The first-order valence-electron chi connectivity index (χ1n) is 6.61. The summed E-state index contributed by atoms with van der Waals surface area (Å²) in [4.78, 5) is 4.18. The van der Waals surface area contributed by atoms with Gasteiger partial charge in [-0.05, 0) is 34.4 Å². The second kappa shape index (κ2) is 5.54. The first-order chi connectivity index (χ1) is 9.88. The molecular weight excluding hydrogens is 242 g/mol. The Bertz CT molecular complexity index is 730. The summed E-state index contributed by atoms with van der Waals surface area (Å²) in [5.41, 5.74) is 5.85. The van der Waals surface area contributed by atoms with E-state index in [0.29, 0.717) is 0 Å². The quantitative estimate of drug-likeness (QED) is 0.639. The van der Waals surface area contributed by atoms with Crippen molar-refractivity contribution < 1.29 is 0 Å². The van der Waals surface area contributed by atoms with E-state index in [1.165, 1.54) is 16.7 Å². The van der Waals surface area contributed by atoms with E-state index in [9.17, 15) is 0 Å². The van der Waals surface area contributed by atoms with Crippen molar-refractivity contribution >= 4 is 6.08 Å². The van der Waals surface area contributed by atoms with Gasteiger partial charge in [-0.15, -0.1) is 0 Å². The molecule has 0 aliphatic carbocycles. The lowest BCUT2D eigenvalue weighted by Crippen LogP contribution is -1.84. The molecule has 96 valence electrons. The van der Waals surface area contributed by atoms with Crippen molar-refractivity contribution in [3.05, 3.63) is 85.2 Å². The SMILES string of the molecule is C=Cc1ccccc1-c1cccc(-c2cccnc2)c1. The van der Waals surface area contributed by atoms with Crippen molar-refractivity contribution in [1.29, 1.82) is 0 Å². The van der Waals surface area contributed by atoms with Gasteiger partial charge >= 0.3 is 0 Å². The summed E-state index contributed by atoms with van der Waals surface area (Å²) in [5, 5.41) is 0. The molecule has 1 aromatic heterocycles. The Morgan fingerprint density at radius 3 is 2.40 bits per heavy atom. The number of hydrogen-bond donors (Lipinski definition) is 0. The molecule has 0 amide bonds. The van der Waals surface area contributed by atoms with Gasteiger partial charge in [0.25, 0.3) is 0 Å². The monoisotopic (exact) mass is 257 g/mol. The van der Waals surface area contributed by atoms with Crippen LogP contribution in [0.4, 0.5) is 0 Å². The van der Waals surface area contributed by atoms with Gasteiger partial charge < -0.3 is 0 Å². The van der Waals surface area contributed by atoms with Gasteiger partial charge in [0.2, 0.25) is 0 Å². The van der Waals surface area contributed by atoms with Gasteiger partial charge in [-0.3, -0.25) is 4.98 Å². The molecule has 0 bridgehead atoms. The minimum absolute atomic E-state index is 1.13. The number of nitrogens with zero attached hydrogens (tertiary/aromatic N) is 1. The van der Waals surface area contributed by atoms with Crippen LogP contribution in [-0.4, -0.2) is 4.98 Å². The van der Waals surface area contributed by atoms with Crippen LogP contribution < -0.4 is 0 Å². The maximum Gasteiger partial charge on any atom is 0.0346 e. The summed E-state index contributed by atoms with van der Waals surface area (Å²) in [5.74, 6) is 0. The van der Waals surface area contributed by atoms with Crippen LogP contribution in [0.2, 0.25) is 0 Å². The molecule has 0 atom stereocenters. The zero-order chi connectivity index (χ0) is 13.8. The van der Waals surface area contributed by atoms with Crippen molar-refractivity contribution in [2.75, 3.05) is 0 Å². The highest BCUT2D eigenvalue weighted by molar-refractivity contribution is 5.78. The molecule has 3 aromatic rings. The van der Waals surface area contributed by atoms with Gasteiger partial charge in [0.15, 0.2) is 0 Å². The van der Waals surface area contributed by atoms with Crippen LogP contribution >= 0.6 is 0 Å². The second-order valence-corrected chi connectivity index (χ2v) is 4.61. The van der Waals surface area contributed by atoms with E-state index in [4.69, 9.17) is 0 Å². The Balaban J connectivity index is 2.10. The first kappa shape index (κ1) is 12.4. The predicted molar refractivity (Wildman–Crippen MR) is 85.2 cm³/mol. The predicted octanol–water partition coefficient (Wildman–Crippen LogP) is 5.06. The van der Waals surface area contributed by atoms with Gasteiger partial charge in [0.05, 0.1) is 0 Å². The number of pyridine rings is 1. The molecule has 0 radical (unpaired) electrons. The van der Waals surface area contributed by atoms with E-state index < -0.39 is 0 Å². The molecule has 3 rings (SSSR count). The summed E-state index contributed by atoms with van der Waals surface area (Å²) in [6, 6.07) is 20.8. The van der Waals surface area contributed by atoms with E-state index in [0.717, 1.165) is 11.1 Å². The first-order valence-corrected chi connectivity index (χ1v) is 6.61. The lowest BCUT2D eigenvalue weighted by Gasteiger charge is -2.08. The molecule has 0 aliphatic heterocycles. The molecule has 0 saturated heterocycles. The fraction of sp³-hybridized carbons (Fsp3) is 0. The van der Waals surface area contributed by atoms with Crippen molar-refractivity contribution in [3.8, 4) is 22.3 Å². The van der Waals surface area contributed by atoms with Crippen molar-refractivity contribution in [2.24, 2.45) is 0 Å². The Labute approximate surface area is 119 Å². The minimum Gasteiger partial charge on any atom is -0.264 e. The Morgan fingerprint density at radius 2 is 1.60 bits per heavy atom. The molecule has 1 nitrogen and oxygen atoms in total. The molecule has 1 heteroatoms. The summed E-state index contributed by atoms with van der Waals surface area (Å²) in [6.07, 6.45) is 5.57. The average Bonchev–Trinajstić information content (AvgIpc) is 2.56. The lowest BCUT2D eigenvalue weighted by molar-refractivity contribution is 1.33. The van der Waals surface area contributed by atoms with E-state index >= 15 is 0 Å². The maximum absolute atomic E-state index is 4.18. The van der Waals surface area contributed by atoms with Gasteiger partial charge in [0, 0.05) is 18.0 Å². The fourth-order valence-electron chi connectivity index (χ4n) is 2.34. The summed E-state index contributed by atoms with van der Waals surface area (Å²) in [7, 11) is 0. The number of benzene rings is 2. The highest BCUT2D eigenvalue weighted by Gasteiger charge is 2.04. The molecule has 0 aliphatic rings. The van der Waals surface area contributed by atoms with Crippen LogP contribution in [0.15, 0.2) is 79.6 Å². The van der Waals surface area contributed by atoms with Crippen molar-refractivity contribution in [1.82, 2.24) is 4.98 Å². The van der Waals surface area contributed by atoms with Gasteiger partial charge in [-0.1, -0.05) is 61.2 Å². The Hall–Kier alpha value is -2.67. The Morgan fingerprint density at radius 1 is 0.800 bits per heavy atom. The van der Waals surface area contributed by atoms with Crippen LogP contribution in [0.1, 0.15) is 5.56 Å². The molecular formula is C19H15N. The average molecular weight is 257 g/mol. The molecule has 0 saturated carbocycles. The molecule has 1 heterocycles. The largest absolute Gasteiger partial charge is 0.264 e. The fourth-order valence-corrected chi connectivity index (χ4v) is 2.34. The summed E-state index contributed by atoms with van der Waals surface area (Å²) < 4.78 is 0. The topological polar surface area (TPSA) is 12.9 Å². The summed E-state index contributed by atoms with van der Waals surface area (Å²) >= 11 is 0.